The summed E-state index contributed by atoms with van der Waals surface area (Å²) in [5.74, 6) is -0.925. The van der Waals surface area contributed by atoms with E-state index < -0.39 is 0 Å². The van der Waals surface area contributed by atoms with Crippen LogP contribution in [0.3, 0.4) is 0 Å². The van der Waals surface area contributed by atoms with E-state index in [4.69, 9.17) is 28.9 Å². The third-order valence-electron chi connectivity index (χ3n) is 2.92. The van der Waals surface area contributed by atoms with E-state index in [0.29, 0.717) is 19.5 Å². The highest BCUT2D eigenvalue weighted by Crippen LogP contribution is 2.22. The summed E-state index contributed by atoms with van der Waals surface area (Å²) >= 11 is 11.5. The van der Waals surface area contributed by atoms with Gasteiger partial charge in [-0.25, -0.2) is 4.98 Å². The van der Waals surface area contributed by atoms with Gasteiger partial charge in [0.15, 0.2) is 0 Å². The molecule has 2 amide bonds. The summed E-state index contributed by atoms with van der Waals surface area (Å²) in [6, 6.07) is 3.03. The number of hydrogen-bond donors (Lipinski definition) is 1. The summed E-state index contributed by atoms with van der Waals surface area (Å²) in [6.07, 6.45) is 0.583. The van der Waals surface area contributed by atoms with Crippen molar-refractivity contribution in [1.29, 1.82) is 0 Å². The lowest BCUT2D eigenvalue weighted by atomic mass is 10.1. The van der Waals surface area contributed by atoms with Crippen molar-refractivity contribution in [1.82, 2.24) is 9.88 Å². The van der Waals surface area contributed by atoms with Crippen molar-refractivity contribution in [3.8, 4) is 0 Å². The molecule has 5 nitrogen and oxygen atoms in total. The van der Waals surface area contributed by atoms with Crippen LogP contribution < -0.4 is 5.73 Å². The first kappa shape index (κ1) is 13.1. The number of rotatable bonds is 2. The molecule has 2 rings (SSSR count). The first-order valence-corrected chi connectivity index (χ1v) is 6.15. The Morgan fingerprint density at radius 2 is 2.11 bits per heavy atom. The average molecular weight is 288 g/mol. The lowest BCUT2D eigenvalue weighted by Crippen LogP contribution is -2.32. The predicted molar refractivity (Wildman–Crippen MR) is 67.5 cm³/mol. The Balaban J connectivity index is 2.15. The van der Waals surface area contributed by atoms with Crippen molar-refractivity contribution in [3.05, 3.63) is 28.0 Å². The molecule has 1 saturated heterocycles. The Hall–Kier alpha value is -1.33. The van der Waals surface area contributed by atoms with E-state index >= 15 is 0 Å². The first-order valence-electron chi connectivity index (χ1n) is 5.39. The summed E-state index contributed by atoms with van der Waals surface area (Å²) in [4.78, 5) is 28.6. The molecule has 2 heterocycles. The fourth-order valence-corrected chi connectivity index (χ4v) is 2.34. The fraction of sp³-hybridized carbons (Fsp3) is 0.364. The number of nitrogens with zero attached hydrogens (tertiary/aromatic N) is 2. The second-order valence-corrected chi connectivity index (χ2v) is 4.86. The Morgan fingerprint density at radius 3 is 2.67 bits per heavy atom. The van der Waals surface area contributed by atoms with Gasteiger partial charge in [0, 0.05) is 13.1 Å². The number of pyridine rings is 1. The number of likely N-dealkylation sites (tertiary alicyclic amines) is 1. The SMILES string of the molecule is NC(=O)C1CCN(C(=O)c2ccc(Cl)nc2Cl)C1. The molecule has 0 saturated carbocycles. The zero-order valence-corrected chi connectivity index (χ0v) is 10.9. The van der Waals surface area contributed by atoms with Gasteiger partial charge in [-0.1, -0.05) is 23.2 Å². The van der Waals surface area contributed by atoms with Crippen molar-refractivity contribution < 1.29 is 9.59 Å². The predicted octanol–water partition coefficient (Wildman–Crippen LogP) is 1.34. The number of carbonyl (C=O) groups is 2. The fourth-order valence-electron chi connectivity index (χ4n) is 1.92. The van der Waals surface area contributed by atoms with Crippen LogP contribution in [0.15, 0.2) is 12.1 Å². The van der Waals surface area contributed by atoms with Crippen molar-refractivity contribution in [2.75, 3.05) is 13.1 Å². The van der Waals surface area contributed by atoms with E-state index in [1.54, 1.807) is 4.90 Å². The smallest absolute Gasteiger partial charge is 0.257 e. The Bertz CT molecular complexity index is 507. The molecule has 1 unspecified atom stereocenters. The van der Waals surface area contributed by atoms with Gasteiger partial charge in [0.05, 0.1) is 11.5 Å². The Morgan fingerprint density at radius 1 is 1.39 bits per heavy atom. The number of amides is 2. The second kappa shape index (κ2) is 5.12. The van der Waals surface area contributed by atoms with Gasteiger partial charge in [0.1, 0.15) is 10.3 Å². The molecular weight excluding hydrogens is 277 g/mol. The topological polar surface area (TPSA) is 76.3 Å². The van der Waals surface area contributed by atoms with E-state index in [1.807, 2.05) is 0 Å². The first-order chi connectivity index (χ1) is 8.49. The maximum atomic E-state index is 12.2. The Labute approximate surface area is 114 Å². The molecule has 0 aromatic carbocycles. The molecular formula is C11H11Cl2N3O2. The maximum absolute atomic E-state index is 12.2. The van der Waals surface area contributed by atoms with Crippen LogP contribution in [-0.4, -0.2) is 34.8 Å². The van der Waals surface area contributed by atoms with Crippen molar-refractivity contribution in [2.45, 2.75) is 6.42 Å². The van der Waals surface area contributed by atoms with Gasteiger partial charge < -0.3 is 10.6 Å². The van der Waals surface area contributed by atoms with Crippen molar-refractivity contribution in [2.24, 2.45) is 11.7 Å². The number of nitrogens with two attached hydrogens (primary N) is 1. The summed E-state index contributed by atoms with van der Waals surface area (Å²) < 4.78 is 0. The molecule has 0 aliphatic carbocycles. The third-order valence-corrected chi connectivity index (χ3v) is 3.42. The zero-order chi connectivity index (χ0) is 13.3. The summed E-state index contributed by atoms with van der Waals surface area (Å²) in [5, 5.41) is 0.294. The molecule has 18 heavy (non-hydrogen) atoms. The van der Waals surface area contributed by atoms with Crippen LogP contribution in [0.1, 0.15) is 16.8 Å². The lowest BCUT2D eigenvalue weighted by Gasteiger charge is -2.16. The summed E-state index contributed by atoms with van der Waals surface area (Å²) in [5.41, 5.74) is 5.50. The molecule has 96 valence electrons. The standard InChI is InChI=1S/C11H11Cl2N3O2/c12-8-2-1-7(9(13)15-8)11(18)16-4-3-6(5-16)10(14)17/h1-2,6H,3-5H2,(H2,14,17). The van der Waals surface area contributed by atoms with Crippen LogP contribution in [0.2, 0.25) is 10.3 Å². The van der Waals surface area contributed by atoms with Crippen molar-refractivity contribution >= 4 is 35.0 Å². The highest BCUT2D eigenvalue weighted by Gasteiger charge is 2.31. The summed E-state index contributed by atoms with van der Waals surface area (Å²) in [6.45, 7) is 0.818. The van der Waals surface area contributed by atoms with Crippen LogP contribution in [0.4, 0.5) is 0 Å². The minimum absolute atomic E-state index is 0.0648. The summed E-state index contributed by atoms with van der Waals surface area (Å²) in [7, 11) is 0. The van der Waals surface area contributed by atoms with Crippen LogP contribution in [0.25, 0.3) is 0 Å². The number of aromatic nitrogens is 1. The van der Waals surface area contributed by atoms with Crippen LogP contribution in [-0.2, 0) is 4.79 Å². The van der Waals surface area contributed by atoms with Gasteiger partial charge in [-0.05, 0) is 18.6 Å². The molecule has 1 atom stereocenters. The number of primary amides is 1. The van der Waals surface area contributed by atoms with Gasteiger partial charge in [0.25, 0.3) is 5.91 Å². The third kappa shape index (κ3) is 2.57. The zero-order valence-electron chi connectivity index (χ0n) is 9.40. The number of halogens is 2. The second-order valence-electron chi connectivity index (χ2n) is 4.11. The molecule has 0 spiro atoms. The molecule has 0 radical (unpaired) electrons. The van der Waals surface area contributed by atoms with Gasteiger partial charge >= 0.3 is 0 Å². The molecule has 1 aromatic heterocycles. The van der Waals surface area contributed by atoms with Crippen LogP contribution in [0, 0.1) is 5.92 Å². The quantitative estimate of drug-likeness (QED) is 0.834. The molecule has 1 aliphatic rings. The highest BCUT2D eigenvalue weighted by atomic mass is 35.5. The number of carbonyl (C=O) groups excluding carboxylic acids is 2. The minimum Gasteiger partial charge on any atom is -0.369 e. The van der Waals surface area contributed by atoms with Gasteiger partial charge in [0.2, 0.25) is 5.91 Å². The van der Waals surface area contributed by atoms with E-state index in [1.165, 1.54) is 12.1 Å². The minimum atomic E-state index is -0.384. The Kier molecular flexibility index (Phi) is 3.73. The normalized spacial score (nSPS) is 19.0. The number of hydrogen-bond acceptors (Lipinski definition) is 3. The molecule has 1 fully saturated rings. The van der Waals surface area contributed by atoms with Gasteiger partial charge in [-0.3, -0.25) is 9.59 Å². The molecule has 7 heteroatoms. The molecule has 1 aliphatic heterocycles. The average Bonchev–Trinajstić information content (AvgIpc) is 2.77. The molecule has 1 aromatic rings. The maximum Gasteiger partial charge on any atom is 0.257 e. The van der Waals surface area contributed by atoms with Crippen molar-refractivity contribution in [3.63, 3.8) is 0 Å². The van der Waals surface area contributed by atoms with E-state index in [9.17, 15) is 9.59 Å². The van der Waals surface area contributed by atoms with Crippen LogP contribution >= 0.6 is 23.2 Å². The van der Waals surface area contributed by atoms with Gasteiger partial charge in [-0.15, -0.1) is 0 Å². The lowest BCUT2D eigenvalue weighted by molar-refractivity contribution is -0.121. The van der Waals surface area contributed by atoms with Gasteiger partial charge in [-0.2, -0.15) is 0 Å². The van der Waals surface area contributed by atoms with E-state index in [2.05, 4.69) is 4.98 Å². The van der Waals surface area contributed by atoms with Crippen LogP contribution in [0.5, 0.6) is 0 Å². The molecule has 0 bridgehead atoms. The highest BCUT2D eigenvalue weighted by molar-refractivity contribution is 6.34. The van der Waals surface area contributed by atoms with E-state index in [-0.39, 0.29) is 33.6 Å². The largest absolute Gasteiger partial charge is 0.369 e. The van der Waals surface area contributed by atoms with E-state index in [0.717, 1.165) is 0 Å². The monoisotopic (exact) mass is 287 g/mol. The molecule has 2 N–H and O–H groups in total.